The number of rotatable bonds is 17. The van der Waals surface area contributed by atoms with E-state index in [9.17, 15) is 10.00 Å². The molecule has 7 N–H and O–H groups in total. The third-order valence-electron chi connectivity index (χ3n) is 12.7. The molecule has 14 heteroatoms. The van der Waals surface area contributed by atoms with Gasteiger partial charge in [0, 0.05) is 5.54 Å². The number of unbranched alkanes of at least 4 members (excludes halogenated alkanes) is 3. The molecule has 3 aliphatic heterocycles. The van der Waals surface area contributed by atoms with Crippen LogP contribution in [0.5, 0.6) is 0 Å². The molecule has 0 spiro atoms. The van der Waals surface area contributed by atoms with E-state index in [1.165, 1.54) is 25.6 Å². The molecule has 0 bridgehead atoms. The van der Waals surface area contributed by atoms with Crippen LogP contribution in [0.4, 0.5) is 17.3 Å². The van der Waals surface area contributed by atoms with Crippen LogP contribution >= 0.6 is 7.82 Å². The van der Waals surface area contributed by atoms with Gasteiger partial charge in [0.25, 0.3) is 0 Å². The van der Waals surface area contributed by atoms with Crippen LogP contribution in [-0.2, 0) is 13.8 Å². The van der Waals surface area contributed by atoms with Gasteiger partial charge >= 0.3 is 164 Å². The Hall–Kier alpha value is -1.57. The minimum absolute atomic E-state index is 0.164. The quantitative estimate of drug-likeness (QED) is 0.0614. The van der Waals surface area contributed by atoms with E-state index in [-0.39, 0.29) is 12.1 Å². The summed E-state index contributed by atoms with van der Waals surface area (Å²) in [5.74, 6) is 6.13. The average molecular weight is 690 g/mol. The Morgan fingerprint density at radius 1 is 1.23 bits per heavy atom. The Labute approximate surface area is 288 Å². The van der Waals surface area contributed by atoms with Crippen LogP contribution in [0.15, 0.2) is 19.0 Å². The first kappa shape index (κ1) is 36.2. The van der Waals surface area contributed by atoms with E-state index < -0.39 is 38.7 Å². The molecule has 5 aliphatic rings. The molecule has 13 atom stereocenters. The van der Waals surface area contributed by atoms with Gasteiger partial charge in [-0.15, -0.1) is 6.58 Å². The number of allylic oxidation sites excluding steroid dienone is 1. The van der Waals surface area contributed by atoms with Crippen LogP contribution in [0.1, 0.15) is 79.6 Å². The first-order chi connectivity index (χ1) is 22.9. The van der Waals surface area contributed by atoms with E-state index in [4.69, 9.17) is 19.5 Å². The monoisotopic (exact) mass is 689 g/mol. The number of ether oxygens (including phenoxy) is 1. The zero-order chi connectivity index (χ0) is 34.4. The minimum atomic E-state index is -3.31. The van der Waals surface area contributed by atoms with Crippen molar-refractivity contribution in [2.75, 3.05) is 35.6 Å². The van der Waals surface area contributed by atoms with E-state index in [0.29, 0.717) is 35.1 Å². The molecule has 6 rings (SSSR count). The first-order valence-electron chi connectivity index (χ1n) is 18.6. The number of fused-ring (bicyclic) bond motifs is 2. The van der Waals surface area contributed by atoms with Crippen molar-refractivity contribution < 1.29 is 23.8 Å². The number of anilines is 3. The number of nitrogens with one attached hydrogen (secondary N) is 3. The molecular weight excluding hydrogens is 628 g/mol. The topological polar surface area (TPSA) is 159 Å². The molecule has 4 fully saturated rings. The number of hydrogen-bond donors (Lipinski definition) is 6. The van der Waals surface area contributed by atoms with Gasteiger partial charge in [0.15, 0.2) is 0 Å². The predicted molar refractivity (Wildman–Crippen MR) is 195 cm³/mol. The van der Waals surface area contributed by atoms with Gasteiger partial charge in [0.05, 0.1) is 0 Å². The summed E-state index contributed by atoms with van der Waals surface area (Å²) in [6.45, 7) is 18.1. The number of hydrogen-bond acceptors (Lipinski definition) is 12. The maximum absolute atomic E-state index is 11.3. The molecule has 0 amide bonds. The van der Waals surface area contributed by atoms with Crippen LogP contribution < -0.4 is 26.6 Å². The predicted octanol–water partition coefficient (Wildman–Crippen LogP) is 3.39. The summed E-state index contributed by atoms with van der Waals surface area (Å²) in [7, 11) is -1.76. The van der Waals surface area contributed by atoms with Crippen LogP contribution in [0.25, 0.3) is 0 Å². The molecule has 12 nitrogen and oxygen atoms in total. The first-order valence-corrected chi connectivity index (χ1v) is 20.8. The molecule has 1 aromatic rings. The molecule has 12 unspecified atom stereocenters. The summed E-state index contributed by atoms with van der Waals surface area (Å²) in [5, 5.41) is 22.4. The Kier molecular flexibility index (Phi) is 11.0. The van der Waals surface area contributed by atoms with Crippen molar-refractivity contribution in [3.8, 4) is 0 Å². The van der Waals surface area contributed by atoms with Crippen molar-refractivity contribution in [1.29, 1.82) is 0 Å². The van der Waals surface area contributed by atoms with Crippen molar-refractivity contribution in [3.63, 3.8) is 0 Å². The SMILES string of the molecule is B[PH]1(O)OCC2OC(N3c4ncnc(N)c4NC3NCCCCCCNC3(C(C)C(C)C(C)C=C)CC3C3CC3C(C)CC)C(O)[C@@H]2O1. The van der Waals surface area contributed by atoms with Gasteiger partial charge in [0.2, 0.25) is 0 Å². The third kappa shape index (κ3) is 7.13. The zero-order valence-corrected chi connectivity index (χ0v) is 30.9. The van der Waals surface area contributed by atoms with Gasteiger partial charge in [-0.1, -0.05) is 47.1 Å². The number of nitrogens with zero attached hydrogens (tertiary/aromatic N) is 3. The van der Waals surface area contributed by atoms with Crippen molar-refractivity contribution in [2.24, 2.45) is 41.4 Å². The van der Waals surface area contributed by atoms with E-state index in [1.807, 2.05) is 4.90 Å². The molecule has 0 aromatic carbocycles. The number of aliphatic hydroxyl groups excluding tert-OH is 1. The standard InChI is InChI=1S/C34H61BN7O5P/c1-7-19(3)21(5)22(6)34(16-25(34)24-15-23(24)20(4)8-2)40-14-12-10-9-11-13-37-33-41-27-30(36)38-18-39-31(27)42(33)32-28(43)29-26(46-32)17-45-48(35,44)47-29/h7,18-26,28-29,32-33,37,40-41,43-44,48H,1,8-17,35H2,2-6H3,(H2,36,38,39)/t19?,20?,21?,22?,23?,24?,25?,26?,28?,29-,32?,33?,34?/m1/s1. The van der Waals surface area contributed by atoms with E-state index in [0.717, 1.165) is 62.4 Å². The van der Waals surface area contributed by atoms with Gasteiger partial charge in [-0.3, -0.25) is 0 Å². The van der Waals surface area contributed by atoms with Gasteiger partial charge in [0.1, 0.15) is 0 Å². The summed E-state index contributed by atoms with van der Waals surface area (Å²) in [6.07, 6.45) is 8.65. The van der Waals surface area contributed by atoms with Gasteiger partial charge in [-0.05, 0) is 60.8 Å². The van der Waals surface area contributed by atoms with Crippen molar-refractivity contribution in [1.82, 2.24) is 20.6 Å². The van der Waals surface area contributed by atoms with E-state index >= 15 is 0 Å². The van der Waals surface area contributed by atoms with Gasteiger partial charge in [-0.25, -0.2) is 0 Å². The maximum atomic E-state index is 11.3. The molecule has 0 radical (unpaired) electrons. The second-order valence-corrected chi connectivity index (χ2v) is 17.9. The normalized spacial score (nSPS) is 37.9. The molecular formula is C34H61BN7O5P. The molecule has 4 heterocycles. The van der Waals surface area contributed by atoms with Gasteiger partial charge in [-0.2, -0.15) is 0 Å². The third-order valence-corrected chi connectivity index (χ3v) is 14.1. The van der Waals surface area contributed by atoms with Crippen molar-refractivity contribution >= 4 is 32.7 Å². The Morgan fingerprint density at radius 3 is 2.71 bits per heavy atom. The zero-order valence-electron chi connectivity index (χ0n) is 29.9. The Balaban J connectivity index is 0.983. The molecule has 2 aliphatic carbocycles. The van der Waals surface area contributed by atoms with Crippen LogP contribution in [-0.4, -0.2) is 83.6 Å². The number of aromatic nitrogens is 2. The Bertz CT molecular complexity index is 1280. The number of nitrogen functional groups attached to an aromatic ring is 1. The summed E-state index contributed by atoms with van der Waals surface area (Å²) < 4.78 is 17.5. The molecule has 1 aromatic heterocycles. The summed E-state index contributed by atoms with van der Waals surface area (Å²) in [6, 6.07) is 0. The summed E-state index contributed by atoms with van der Waals surface area (Å²) in [4.78, 5) is 20.9. The van der Waals surface area contributed by atoms with E-state index in [1.54, 1.807) is 7.57 Å². The summed E-state index contributed by atoms with van der Waals surface area (Å²) in [5.41, 5.74) is 7.08. The van der Waals surface area contributed by atoms with Crippen molar-refractivity contribution in [2.45, 2.75) is 116 Å². The van der Waals surface area contributed by atoms with E-state index in [2.05, 4.69) is 73.2 Å². The fourth-order valence-electron chi connectivity index (χ4n) is 8.91. The molecule has 48 heavy (non-hydrogen) atoms. The number of aliphatic hydroxyl groups is 1. The Morgan fingerprint density at radius 2 is 1.98 bits per heavy atom. The van der Waals surface area contributed by atoms with Crippen LogP contribution in [0, 0.1) is 41.4 Å². The second-order valence-electron chi connectivity index (χ2n) is 15.6. The van der Waals surface area contributed by atoms with Gasteiger partial charge < -0.3 is 5.32 Å². The average Bonchev–Trinajstić information content (AvgIpc) is 3.95. The fourth-order valence-corrected chi connectivity index (χ4v) is 10.2. The summed E-state index contributed by atoms with van der Waals surface area (Å²) >= 11 is 0. The molecule has 2 saturated carbocycles. The molecule has 2 saturated heterocycles. The fraction of sp³-hybridized carbons (Fsp3) is 0.824. The van der Waals surface area contributed by atoms with Crippen LogP contribution in [0.3, 0.4) is 0 Å². The van der Waals surface area contributed by atoms with Crippen LogP contribution in [0.2, 0.25) is 0 Å². The second kappa shape index (κ2) is 14.6. The van der Waals surface area contributed by atoms with Crippen molar-refractivity contribution in [3.05, 3.63) is 19.0 Å². The molecule has 270 valence electrons. The number of nitrogens with two attached hydrogens (primary N) is 1.